The fourth-order valence-electron chi connectivity index (χ4n) is 2.10. The molecule has 2 N–H and O–H groups in total. The molecular weight excluding hydrogens is 410 g/mol. The molecule has 2 rings (SSSR count). The molecular formula is C17H20O3Se2. The van der Waals surface area contributed by atoms with Gasteiger partial charge in [-0.1, -0.05) is 0 Å². The fraction of sp³-hybridized carbons (Fsp3) is 0.294. The van der Waals surface area contributed by atoms with E-state index in [1.165, 1.54) is 4.46 Å². The molecule has 0 aliphatic carbocycles. The van der Waals surface area contributed by atoms with Gasteiger partial charge in [0, 0.05) is 0 Å². The summed E-state index contributed by atoms with van der Waals surface area (Å²) in [5, 5.41) is 19.9. The zero-order chi connectivity index (χ0) is 16.1. The van der Waals surface area contributed by atoms with Crippen molar-refractivity contribution in [3.63, 3.8) is 0 Å². The summed E-state index contributed by atoms with van der Waals surface area (Å²) in [5.74, 6) is 0.842. The van der Waals surface area contributed by atoms with Crippen LogP contribution < -0.4 is 13.7 Å². The molecule has 118 valence electrons. The molecule has 5 heteroatoms. The zero-order valence-electron chi connectivity index (χ0n) is 12.8. The molecule has 0 radical (unpaired) electrons. The molecule has 3 nitrogen and oxygen atoms in total. The summed E-state index contributed by atoms with van der Waals surface area (Å²) in [4.78, 5) is 0. The zero-order valence-corrected chi connectivity index (χ0v) is 16.2. The first kappa shape index (κ1) is 17.6. The van der Waals surface area contributed by atoms with E-state index in [9.17, 15) is 10.2 Å². The topological polar surface area (TPSA) is 49.7 Å². The Labute approximate surface area is 142 Å². The Kier molecular flexibility index (Phi) is 6.51. The van der Waals surface area contributed by atoms with Crippen LogP contribution in [0.5, 0.6) is 5.75 Å². The van der Waals surface area contributed by atoms with Crippen LogP contribution in [0.2, 0.25) is 0 Å². The van der Waals surface area contributed by atoms with Gasteiger partial charge in [0.2, 0.25) is 0 Å². The number of rotatable bonds is 6. The summed E-state index contributed by atoms with van der Waals surface area (Å²) in [5.41, 5.74) is 1.94. The van der Waals surface area contributed by atoms with Crippen LogP contribution in [-0.2, 0) is 0 Å². The fourth-order valence-corrected chi connectivity index (χ4v) is 10.1. The Morgan fingerprint density at radius 1 is 0.864 bits per heavy atom. The molecule has 0 amide bonds. The Hall–Kier alpha value is -0.801. The number of hydrogen-bond acceptors (Lipinski definition) is 3. The van der Waals surface area contributed by atoms with Crippen molar-refractivity contribution in [1.29, 1.82) is 0 Å². The molecule has 0 fully saturated rings. The van der Waals surface area contributed by atoms with E-state index in [1.807, 2.05) is 36.4 Å². The monoisotopic (exact) mass is 432 g/mol. The molecule has 0 heterocycles. The van der Waals surface area contributed by atoms with Crippen molar-refractivity contribution in [3.8, 4) is 5.75 Å². The molecule has 2 aromatic carbocycles. The van der Waals surface area contributed by atoms with E-state index in [4.69, 9.17) is 4.74 Å². The summed E-state index contributed by atoms with van der Waals surface area (Å²) in [6, 6.07) is 13.9. The molecule has 0 saturated carbocycles. The average molecular weight is 430 g/mol. The maximum atomic E-state index is 9.99. The summed E-state index contributed by atoms with van der Waals surface area (Å²) in [6.07, 6.45) is -0.961. The molecule has 0 aliphatic heterocycles. The number of aliphatic hydroxyl groups is 2. The quantitative estimate of drug-likeness (QED) is 0.675. The SMILES string of the molecule is COc1cccc([C@H](C)O)c1[Se][Se]c1ccccc1[C@H](C)O. The van der Waals surface area contributed by atoms with Crippen LogP contribution in [0.3, 0.4) is 0 Å². The van der Waals surface area contributed by atoms with Gasteiger partial charge in [-0.05, 0) is 0 Å². The van der Waals surface area contributed by atoms with Crippen molar-refractivity contribution in [1.82, 2.24) is 0 Å². The van der Waals surface area contributed by atoms with Crippen molar-refractivity contribution in [2.75, 3.05) is 7.11 Å². The third-order valence-corrected chi connectivity index (χ3v) is 10.5. The van der Waals surface area contributed by atoms with E-state index in [-0.39, 0.29) is 26.3 Å². The Balaban J connectivity index is 2.29. The number of hydrogen-bond donors (Lipinski definition) is 2. The second kappa shape index (κ2) is 8.16. The molecule has 0 unspecified atom stereocenters. The molecule has 2 aromatic rings. The molecule has 0 bridgehead atoms. The normalized spacial score (nSPS) is 13.7. The summed E-state index contributed by atoms with van der Waals surface area (Å²) < 4.78 is 7.80. The van der Waals surface area contributed by atoms with Gasteiger partial charge in [-0.25, -0.2) is 0 Å². The molecule has 2 atom stereocenters. The number of ether oxygens (including phenoxy) is 1. The van der Waals surface area contributed by atoms with Crippen LogP contribution in [0.4, 0.5) is 0 Å². The predicted molar refractivity (Wildman–Crippen MR) is 91.5 cm³/mol. The van der Waals surface area contributed by atoms with Gasteiger partial charge in [-0.15, -0.1) is 0 Å². The van der Waals surface area contributed by atoms with Gasteiger partial charge < -0.3 is 0 Å². The van der Waals surface area contributed by atoms with Crippen molar-refractivity contribution >= 4 is 35.2 Å². The summed E-state index contributed by atoms with van der Waals surface area (Å²) in [6.45, 7) is 3.58. The third kappa shape index (κ3) is 4.14. The minimum absolute atomic E-state index is 0.178. The molecule has 0 spiro atoms. The Morgan fingerprint density at radius 2 is 1.50 bits per heavy atom. The molecule has 22 heavy (non-hydrogen) atoms. The second-order valence-electron chi connectivity index (χ2n) is 4.94. The molecule has 0 saturated heterocycles. The van der Waals surface area contributed by atoms with Crippen molar-refractivity contribution in [2.45, 2.75) is 26.1 Å². The van der Waals surface area contributed by atoms with Gasteiger partial charge in [0.25, 0.3) is 0 Å². The van der Waals surface area contributed by atoms with Gasteiger partial charge >= 0.3 is 143 Å². The Bertz CT molecular complexity index is 627. The van der Waals surface area contributed by atoms with Gasteiger partial charge in [-0.2, -0.15) is 0 Å². The maximum absolute atomic E-state index is 9.99. The van der Waals surface area contributed by atoms with Crippen LogP contribution in [-0.4, -0.2) is 43.6 Å². The van der Waals surface area contributed by atoms with Crippen molar-refractivity contribution in [3.05, 3.63) is 53.6 Å². The summed E-state index contributed by atoms with van der Waals surface area (Å²) in [7, 11) is 1.66. The number of methoxy groups -OCH3 is 1. The number of benzene rings is 2. The number of aliphatic hydroxyl groups excluding tert-OH is 2. The van der Waals surface area contributed by atoms with Crippen LogP contribution in [0.1, 0.15) is 37.2 Å². The predicted octanol–water partition coefficient (Wildman–Crippen LogP) is 1.08. The van der Waals surface area contributed by atoms with Gasteiger partial charge in [0.15, 0.2) is 0 Å². The van der Waals surface area contributed by atoms with E-state index in [0.717, 1.165) is 21.3 Å². The Morgan fingerprint density at radius 3 is 2.14 bits per heavy atom. The first-order valence-corrected chi connectivity index (χ1v) is 13.1. The van der Waals surface area contributed by atoms with Crippen LogP contribution in [0.25, 0.3) is 0 Å². The first-order valence-electron chi connectivity index (χ1n) is 7.01. The van der Waals surface area contributed by atoms with E-state index in [2.05, 4.69) is 6.07 Å². The van der Waals surface area contributed by atoms with E-state index < -0.39 is 12.2 Å². The van der Waals surface area contributed by atoms with Gasteiger partial charge in [0.1, 0.15) is 0 Å². The van der Waals surface area contributed by atoms with E-state index >= 15 is 0 Å². The molecule has 0 aromatic heterocycles. The van der Waals surface area contributed by atoms with Crippen molar-refractivity contribution < 1.29 is 14.9 Å². The third-order valence-electron chi connectivity index (χ3n) is 3.26. The van der Waals surface area contributed by atoms with Gasteiger partial charge in [0.05, 0.1) is 0 Å². The van der Waals surface area contributed by atoms with Crippen molar-refractivity contribution in [2.24, 2.45) is 0 Å². The minimum atomic E-state index is -0.505. The van der Waals surface area contributed by atoms with Crippen LogP contribution in [0, 0.1) is 0 Å². The molecule has 0 aliphatic rings. The van der Waals surface area contributed by atoms with Gasteiger partial charge in [-0.3, -0.25) is 0 Å². The summed E-state index contributed by atoms with van der Waals surface area (Å²) >= 11 is 0.399. The standard InChI is InChI=1S/C17H20O3Se2/c1-11(18)13-7-4-5-10-16(13)21-22-17-14(12(2)19)8-6-9-15(17)20-3/h4-12,18-19H,1-3H3/t11-,12-/m0/s1. The van der Waals surface area contributed by atoms with Crippen LogP contribution in [0.15, 0.2) is 42.5 Å². The average Bonchev–Trinajstić information content (AvgIpc) is 2.52. The first-order chi connectivity index (χ1) is 10.5. The van der Waals surface area contributed by atoms with E-state index in [0.29, 0.717) is 0 Å². The second-order valence-corrected chi connectivity index (χ2v) is 11.0. The van der Waals surface area contributed by atoms with Crippen LogP contribution >= 0.6 is 0 Å². The van der Waals surface area contributed by atoms with E-state index in [1.54, 1.807) is 21.0 Å².